The molecule has 0 unspecified atom stereocenters. The van der Waals surface area contributed by atoms with Crippen LogP contribution in [0.3, 0.4) is 0 Å². The predicted molar refractivity (Wildman–Crippen MR) is 84.6 cm³/mol. The first-order valence-corrected chi connectivity index (χ1v) is 9.69. The van der Waals surface area contributed by atoms with E-state index in [1.165, 1.54) is 67.6 Å². The average Bonchev–Trinajstić information content (AvgIpc) is 2.44. The second-order valence-electron chi connectivity index (χ2n) is 8.71. The van der Waals surface area contributed by atoms with E-state index in [0.717, 1.165) is 24.2 Å². The Morgan fingerprint density at radius 1 is 0.762 bits per heavy atom. The molecule has 0 aromatic rings. The summed E-state index contributed by atoms with van der Waals surface area (Å²) in [6.07, 6.45) is 15.9. The van der Waals surface area contributed by atoms with Crippen LogP contribution in [0.15, 0.2) is 12.2 Å². The third-order valence-corrected chi connectivity index (χ3v) is 8.28. The molecule has 0 aromatic heterocycles. The summed E-state index contributed by atoms with van der Waals surface area (Å²) in [5.74, 6) is 10.5. The number of rotatable bonds is 7. The number of aliphatic hydroxyl groups excluding tert-OH is 1. The van der Waals surface area contributed by atoms with Gasteiger partial charge in [0.15, 0.2) is 0 Å². The highest BCUT2D eigenvalue weighted by atomic mass is 16.2. The van der Waals surface area contributed by atoms with E-state index in [0.29, 0.717) is 6.61 Å². The molecule has 0 amide bonds. The molecule has 1 nitrogen and oxygen atoms in total. The normalized spacial score (nSPS) is 54.8. The summed E-state index contributed by atoms with van der Waals surface area (Å²) in [7, 11) is 0. The predicted octanol–water partition coefficient (Wildman–Crippen LogP) is 4.27. The summed E-state index contributed by atoms with van der Waals surface area (Å²) in [4.78, 5) is 0. The molecule has 1 heteroatoms. The standard InChI is InChI=1S/C20H30O/c21-10-6-4-2-1-3-5-7-12-11-15-16(12)20-18-14-9-8-13(14)17(18)19(15)20/h5,7,12-21H,1-4,6,8-11H2/t12-,13-,14+,15-,16+,17+,18-,19-,20+/m1/s1. The van der Waals surface area contributed by atoms with Gasteiger partial charge in [-0.15, -0.1) is 0 Å². The van der Waals surface area contributed by atoms with Gasteiger partial charge in [0.05, 0.1) is 0 Å². The molecule has 0 heterocycles. The lowest BCUT2D eigenvalue weighted by molar-refractivity contribution is -0.370. The fourth-order valence-electron chi connectivity index (χ4n) is 7.26. The maximum atomic E-state index is 8.76. The zero-order valence-electron chi connectivity index (χ0n) is 13.2. The summed E-state index contributed by atoms with van der Waals surface area (Å²) in [6.45, 7) is 0.369. The quantitative estimate of drug-likeness (QED) is 0.421. The monoisotopic (exact) mass is 286 g/mol. The van der Waals surface area contributed by atoms with Crippen LogP contribution in [-0.2, 0) is 0 Å². The van der Waals surface area contributed by atoms with E-state index >= 15 is 0 Å². The number of hydrogen-bond donors (Lipinski definition) is 1. The first kappa shape index (κ1) is 13.2. The zero-order valence-corrected chi connectivity index (χ0v) is 13.2. The Bertz CT molecular complexity index is 435. The molecule has 0 aromatic carbocycles. The van der Waals surface area contributed by atoms with Crippen molar-refractivity contribution in [1.82, 2.24) is 0 Å². The van der Waals surface area contributed by atoms with E-state index < -0.39 is 0 Å². The Morgan fingerprint density at radius 2 is 1.48 bits per heavy atom. The molecular formula is C20H30O. The molecule has 9 atom stereocenters. The second kappa shape index (κ2) is 4.85. The van der Waals surface area contributed by atoms with Crippen LogP contribution in [-0.4, -0.2) is 11.7 Å². The first-order chi connectivity index (χ1) is 10.4. The fourth-order valence-corrected chi connectivity index (χ4v) is 7.26. The maximum Gasteiger partial charge on any atom is 0.0431 e. The van der Waals surface area contributed by atoms with E-state index in [-0.39, 0.29) is 0 Å². The molecular weight excluding hydrogens is 256 g/mol. The molecule has 0 bridgehead atoms. The highest BCUT2D eigenvalue weighted by Crippen LogP contribution is 2.84. The van der Waals surface area contributed by atoms with E-state index in [1.807, 2.05) is 0 Å². The van der Waals surface area contributed by atoms with Gasteiger partial charge < -0.3 is 5.11 Å². The van der Waals surface area contributed by atoms with Crippen molar-refractivity contribution < 1.29 is 5.11 Å². The van der Waals surface area contributed by atoms with Crippen LogP contribution in [0.4, 0.5) is 0 Å². The molecule has 5 rings (SSSR count). The maximum absolute atomic E-state index is 8.76. The van der Waals surface area contributed by atoms with E-state index in [9.17, 15) is 0 Å². The van der Waals surface area contributed by atoms with Crippen molar-refractivity contribution in [2.75, 3.05) is 6.61 Å². The third kappa shape index (κ3) is 1.62. The van der Waals surface area contributed by atoms with E-state index in [4.69, 9.17) is 5.11 Å². The van der Waals surface area contributed by atoms with Crippen LogP contribution in [0.1, 0.15) is 51.4 Å². The Labute approximate surface area is 129 Å². The molecule has 0 radical (unpaired) electrons. The molecule has 5 saturated carbocycles. The van der Waals surface area contributed by atoms with Crippen LogP contribution in [0.25, 0.3) is 0 Å². The van der Waals surface area contributed by atoms with Gasteiger partial charge in [-0.3, -0.25) is 0 Å². The van der Waals surface area contributed by atoms with Crippen LogP contribution >= 0.6 is 0 Å². The lowest BCUT2D eigenvalue weighted by Gasteiger charge is -2.85. The lowest BCUT2D eigenvalue weighted by Crippen LogP contribution is -2.80. The third-order valence-electron chi connectivity index (χ3n) is 8.28. The van der Waals surface area contributed by atoms with Gasteiger partial charge in [-0.2, -0.15) is 0 Å². The van der Waals surface area contributed by atoms with Gasteiger partial charge in [0, 0.05) is 6.61 Å². The number of fused-ring (bicyclic) bond motifs is 10. The van der Waals surface area contributed by atoms with Crippen molar-refractivity contribution >= 4 is 0 Å². The molecule has 5 aliphatic rings. The number of hydrogen-bond acceptors (Lipinski definition) is 1. The summed E-state index contributed by atoms with van der Waals surface area (Å²) < 4.78 is 0. The molecule has 21 heavy (non-hydrogen) atoms. The largest absolute Gasteiger partial charge is 0.396 e. The number of aliphatic hydroxyl groups is 1. The fraction of sp³-hybridized carbons (Fsp3) is 0.900. The Hall–Kier alpha value is -0.300. The van der Waals surface area contributed by atoms with Gasteiger partial charge in [-0.05, 0) is 91.8 Å². The minimum absolute atomic E-state index is 0.369. The Balaban J connectivity index is 1.07. The highest BCUT2D eigenvalue weighted by Gasteiger charge is 2.79. The Kier molecular flexibility index (Phi) is 3.04. The van der Waals surface area contributed by atoms with Crippen LogP contribution in [0, 0.1) is 53.3 Å². The first-order valence-electron chi connectivity index (χ1n) is 9.69. The van der Waals surface area contributed by atoms with Crippen molar-refractivity contribution in [3.05, 3.63) is 12.2 Å². The van der Waals surface area contributed by atoms with Gasteiger partial charge in [-0.1, -0.05) is 25.0 Å². The van der Waals surface area contributed by atoms with Crippen LogP contribution in [0.5, 0.6) is 0 Å². The molecule has 0 spiro atoms. The lowest BCUT2D eigenvalue weighted by atomic mass is 9.20. The molecule has 116 valence electrons. The minimum atomic E-state index is 0.369. The van der Waals surface area contributed by atoms with Crippen molar-refractivity contribution in [2.24, 2.45) is 53.3 Å². The van der Waals surface area contributed by atoms with Gasteiger partial charge in [0.2, 0.25) is 0 Å². The molecule has 5 fully saturated rings. The van der Waals surface area contributed by atoms with Crippen molar-refractivity contribution in [2.45, 2.75) is 51.4 Å². The smallest absolute Gasteiger partial charge is 0.0431 e. The summed E-state index contributed by atoms with van der Waals surface area (Å²) in [5, 5.41) is 8.76. The second-order valence-corrected chi connectivity index (χ2v) is 8.71. The van der Waals surface area contributed by atoms with Crippen molar-refractivity contribution in [3.63, 3.8) is 0 Å². The summed E-state index contributed by atoms with van der Waals surface area (Å²) >= 11 is 0. The summed E-state index contributed by atoms with van der Waals surface area (Å²) in [5.41, 5.74) is 0. The molecule has 0 aliphatic heterocycles. The van der Waals surface area contributed by atoms with Crippen molar-refractivity contribution in [1.29, 1.82) is 0 Å². The number of allylic oxidation sites excluding steroid dienone is 2. The van der Waals surface area contributed by atoms with Crippen LogP contribution < -0.4 is 0 Å². The molecule has 1 N–H and O–H groups in total. The van der Waals surface area contributed by atoms with Gasteiger partial charge in [0.1, 0.15) is 0 Å². The average molecular weight is 286 g/mol. The SMILES string of the molecule is OCCCCCCC=C[C@@H]1C[C@H]2[C@@H]3[C@H]4[C@@H]5CC[C@@H]5[C@H]4[C@@H]3[C@H]21. The van der Waals surface area contributed by atoms with Gasteiger partial charge in [0.25, 0.3) is 0 Å². The van der Waals surface area contributed by atoms with E-state index in [2.05, 4.69) is 12.2 Å². The minimum Gasteiger partial charge on any atom is -0.396 e. The zero-order chi connectivity index (χ0) is 14.0. The van der Waals surface area contributed by atoms with E-state index in [1.54, 1.807) is 12.8 Å². The highest BCUT2D eigenvalue weighted by molar-refractivity contribution is 5.28. The van der Waals surface area contributed by atoms with Gasteiger partial charge in [-0.25, -0.2) is 0 Å². The van der Waals surface area contributed by atoms with Gasteiger partial charge >= 0.3 is 0 Å². The Morgan fingerprint density at radius 3 is 2.24 bits per heavy atom. The molecule has 0 saturated heterocycles. The topological polar surface area (TPSA) is 20.2 Å². The van der Waals surface area contributed by atoms with Crippen molar-refractivity contribution in [3.8, 4) is 0 Å². The number of unbranched alkanes of at least 4 members (excludes halogenated alkanes) is 4. The summed E-state index contributed by atoms with van der Waals surface area (Å²) in [6, 6.07) is 0. The molecule has 5 aliphatic carbocycles. The van der Waals surface area contributed by atoms with Crippen LogP contribution in [0.2, 0.25) is 0 Å².